The summed E-state index contributed by atoms with van der Waals surface area (Å²) < 4.78 is 5.32. The largest absolute Gasteiger partial charge is 0.461 e. The fourth-order valence-corrected chi connectivity index (χ4v) is 2.92. The van der Waals surface area contributed by atoms with Crippen molar-refractivity contribution in [2.24, 2.45) is 5.41 Å². The van der Waals surface area contributed by atoms with E-state index >= 15 is 0 Å². The number of ether oxygens (including phenoxy) is 1. The van der Waals surface area contributed by atoms with Gasteiger partial charge >= 0.3 is 5.97 Å². The van der Waals surface area contributed by atoms with Gasteiger partial charge in [0.25, 0.3) is 0 Å². The molecule has 0 bridgehead atoms. The van der Waals surface area contributed by atoms with Gasteiger partial charge in [-0.05, 0) is 12.8 Å². The first-order valence-electron chi connectivity index (χ1n) is 5.04. The Morgan fingerprint density at radius 2 is 2.08 bits per heavy atom. The molecule has 1 saturated carbocycles. The molecule has 0 aromatic carbocycles. The lowest BCUT2D eigenvalue weighted by molar-refractivity contribution is -0.149. The Morgan fingerprint density at radius 1 is 1.38 bits per heavy atom. The molecule has 0 aromatic rings. The number of cyclic esters (lactones) is 1. The van der Waals surface area contributed by atoms with Crippen LogP contribution in [0.25, 0.3) is 0 Å². The van der Waals surface area contributed by atoms with Crippen LogP contribution in [-0.4, -0.2) is 17.4 Å². The molecule has 1 heterocycles. The molecular weight excluding hydrogens is 232 g/mol. The van der Waals surface area contributed by atoms with Crippen molar-refractivity contribution in [3.05, 3.63) is 0 Å². The topological polar surface area (TPSA) is 26.3 Å². The summed E-state index contributed by atoms with van der Waals surface area (Å²) in [5.41, 5.74) is -0.0866. The number of hydrogen-bond acceptors (Lipinski definition) is 2. The Hall–Kier alpha value is -0.0500. The van der Waals surface area contributed by atoms with Crippen molar-refractivity contribution in [3.8, 4) is 0 Å². The molecule has 2 nitrogen and oxygen atoms in total. The van der Waals surface area contributed by atoms with E-state index in [1.165, 1.54) is 19.3 Å². The summed E-state index contributed by atoms with van der Waals surface area (Å²) in [6, 6.07) is 0. The highest BCUT2D eigenvalue weighted by Gasteiger charge is 2.48. The van der Waals surface area contributed by atoms with Gasteiger partial charge in [0.15, 0.2) is 0 Å². The molecule has 1 aliphatic carbocycles. The van der Waals surface area contributed by atoms with Crippen molar-refractivity contribution in [3.63, 3.8) is 0 Å². The first kappa shape index (κ1) is 9.50. The lowest BCUT2D eigenvalue weighted by Crippen LogP contribution is -2.28. The maximum Gasteiger partial charge on any atom is 0.312 e. The van der Waals surface area contributed by atoms with Crippen molar-refractivity contribution < 1.29 is 9.53 Å². The maximum absolute atomic E-state index is 11.7. The zero-order valence-electron chi connectivity index (χ0n) is 7.72. The first-order chi connectivity index (χ1) is 6.27. The van der Waals surface area contributed by atoms with Gasteiger partial charge in [0, 0.05) is 11.8 Å². The summed E-state index contributed by atoms with van der Waals surface area (Å²) in [6.07, 6.45) is 6.86. The minimum absolute atomic E-state index is 0.0663. The van der Waals surface area contributed by atoms with Gasteiger partial charge in [0.1, 0.15) is 6.10 Å². The molecule has 1 atom stereocenters. The highest BCUT2D eigenvalue weighted by molar-refractivity contribution is 9.09. The SMILES string of the molecule is O=C1O[C@@H](CBr)CC12CCCCC2. The van der Waals surface area contributed by atoms with E-state index in [1.807, 2.05) is 0 Å². The third kappa shape index (κ3) is 1.63. The molecule has 3 heteroatoms. The lowest BCUT2D eigenvalue weighted by Gasteiger charge is -2.28. The quantitative estimate of drug-likeness (QED) is 0.526. The zero-order chi connectivity index (χ0) is 9.31. The van der Waals surface area contributed by atoms with Gasteiger partial charge in [-0.3, -0.25) is 4.79 Å². The van der Waals surface area contributed by atoms with Crippen LogP contribution in [0.1, 0.15) is 38.5 Å². The van der Waals surface area contributed by atoms with Gasteiger partial charge in [0.05, 0.1) is 5.41 Å². The third-order valence-corrected chi connectivity index (χ3v) is 4.03. The summed E-state index contributed by atoms with van der Waals surface area (Å²) in [4.78, 5) is 11.7. The number of esters is 1. The summed E-state index contributed by atoms with van der Waals surface area (Å²) in [5, 5.41) is 0.792. The molecule has 1 aliphatic heterocycles. The smallest absolute Gasteiger partial charge is 0.312 e. The van der Waals surface area contributed by atoms with Crippen LogP contribution in [-0.2, 0) is 9.53 Å². The molecule has 2 fully saturated rings. The summed E-state index contributed by atoms with van der Waals surface area (Å²) in [5.74, 6) is 0.0663. The molecule has 74 valence electrons. The van der Waals surface area contributed by atoms with Crippen LogP contribution in [0.3, 0.4) is 0 Å². The highest BCUT2D eigenvalue weighted by atomic mass is 79.9. The second-order valence-corrected chi connectivity index (χ2v) is 4.87. The van der Waals surface area contributed by atoms with Crippen LogP contribution in [0.2, 0.25) is 0 Å². The van der Waals surface area contributed by atoms with Gasteiger partial charge < -0.3 is 4.74 Å². The zero-order valence-corrected chi connectivity index (χ0v) is 9.31. The van der Waals surface area contributed by atoms with Crippen molar-refractivity contribution in [2.45, 2.75) is 44.6 Å². The summed E-state index contributed by atoms with van der Waals surface area (Å²) >= 11 is 3.38. The minimum atomic E-state index is -0.0866. The Kier molecular flexibility index (Phi) is 2.63. The van der Waals surface area contributed by atoms with Crippen LogP contribution in [0, 0.1) is 5.41 Å². The number of halogens is 1. The third-order valence-electron chi connectivity index (χ3n) is 3.31. The van der Waals surface area contributed by atoms with E-state index in [0.29, 0.717) is 0 Å². The van der Waals surface area contributed by atoms with Crippen LogP contribution in [0.4, 0.5) is 0 Å². The normalized spacial score (nSPS) is 32.1. The van der Waals surface area contributed by atoms with Crippen molar-refractivity contribution in [1.82, 2.24) is 0 Å². The molecule has 0 unspecified atom stereocenters. The van der Waals surface area contributed by atoms with Crippen molar-refractivity contribution in [1.29, 1.82) is 0 Å². The molecule has 0 radical (unpaired) electrons. The number of hydrogen-bond donors (Lipinski definition) is 0. The molecule has 1 saturated heterocycles. The second kappa shape index (κ2) is 3.60. The van der Waals surface area contributed by atoms with Crippen molar-refractivity contribution in [2.75, 3.05) is 5.33 Å². The molecule has 1 spiro atoms. The summed E-state index contributed by atoms with van der Waals surface area (Å²) in [6.45, 7) is 0. The Morgan fingerprint density at radius 3 is 2.62 bits per heavy atom. The highest BCUT2D eigenvalue weighted by Crippen LogP contribution is 2.46. The van der Waals surface area contributed by atoms with E-state index in [2.05, 4.69) is 15.9 Å². The fourth-order valence-electron chi connectivity index (χ4n) is 2.56. The van der Waals surface area contributed by atoms with E-state index in [0.717, 1.165) is 24.6 Å². The minimum Gasteiger partial charge on any atom is -0.461 e. The summed E-state index contributed by atoms with van der Waals surface area (Å²) in [7, 11) is 0. The number of alkyl halides is 1. The number of rotatable bonds is 1. The van der Waals surface area contributed by atoms with Gasteiger partial charge in [-0.1, -0.05) is 35.2 Å². The standard InChI is InChI=1S/C10H15BrO2/c11-7-8-6-10(9(12)13-8)4-2-1-3-5-10/h8H,1-7H2/t8-/m1/s1. The molecular formula is C10H15BrO2. The molecule has 0 aromatic heterocycles. The molecule has 13 heavy (non-hydrogen) atoms. The molecule has 2 aliphatic rings. The van der Waals surface area contributed by atoms with Crippen LogP contribution in [0.5, 0.6) is 0 Å². The Labute approximate surface area is 87.2 Å². The van der Waals surface area contributed by atoms with Crippen LogP contribution >= 0.6 is 15.9 Å². The second-order valence-electron chi connectivity index (χ2n) is 4.23. The van der Waals surface area contributed by atoms with Crippen LogP contribution < -0.4 is 0 Å². The fraction of sp³-hybridized carbons (Fsp3) is 0.900. The monoisotopic (exact) mass is 246 g/mol. The molecule has 0 N–H and O–H groups in total. The van der Waals surface area contributed by atoms with Crippen molar-refractivity contribution >= 4 is 21.9 Å². The van der Waals surface area contributed by atoms with Crippen LogP contribution in [0.15, 0.2) is 0 Å². The van der Waals surface area contributed by atoms with Gasteiger partial charge in [-0.2, -0.15) is 0 Å². The first-order valence-corrected chi connectivity index (χ1v) is 6.16. The molecule has 0 amide bonds. The Bertz CT molecular complexity index is 209. The molecule has 2 rings (SSSR count). The van der Waals surface area contributed by atoms with E-state index in [-0.39, 0.29) is 17.5 Å². The predicted octanol–water partition coefficient (Wildman–Crippen LogP) is 2.65. The average Bonchev–Trinajstić information content (AvgIpc) is 2.45. The Balaban J connectivity index is 2.08. The van der Waals surface area contributed by atoms with E-state index in [9.17, 15) is 4.79 Å². The van der Waals surface area contributed by atoms with Gasteiger partial charge in [0.2, 0.25) is 0 Å². The van der Waals surface area contributed by atoms with E-state index < -0.39 is 0 Å². The van der Waals surface area contributed by atoms with E-state index in [1.54, 1.807) is 0 Å². The maximum atomic E-state index is 11.7. The number of carbonyl (C=O) groups is 1. The predicted molar refractivity (Wildman–Crippen MR) is 53.8 cm³/mol. The van der Waals surface area contributed by atoms with E-state index in [4.69, 9.17) is 4.74 Å². The van der Waals surface area contributed by atoms with Gasteiger partial charge in [-0.15, -0.1) is 0 Å². The average molecular weight is 247 g/mol. The van der Waals surface area contributed by atoms with Gasteiger partial charge in [-0.25, -0.2) is 0 Å². The lowest BCUT2D eigenvalue weighted by atomic mass is 9.72. The number of carbonyl (C=O) groups excluding carboxylic acids is 1.